The number of furan rings is 1. The van der Waals surface area contributed by atoms with Crippen molar-refractivity contribution in [3.8, 4) is 5.75 Å². The van der Waals surface area contributed by atoms with Gasteiger partial charge in [-0.3, -0.25) is 4.79 Å². The predicted molar refractivity (Wildman–Crippen MR) is 126 cm³/mol. The summed E-state index contributed by atoms with van der Waals surface area (Å²) in [6.07, 6.45) is 1.56. The fourth-order valence-corrected chi connectivity index (χ4v) is 4.98. The average molecular weight is 471 g/mol. The Morgan fingerprint density at radius 1 is 0.970 bits per heavy atom. The summed E-state index contributed by atoms with van der Waals surface area (Å²) in [6.45, 7) is 4.40. The van der Waals surface area contributed by atoms with Crippen LogP contribution in [-0.2, 0) is 27.9 Å². The Bertz CT molecular complexity index is 1110. The first kappa shape index (κ1) is 24.5. The van der Waals surface area contributed by atoms with Gasteiger partial charge >= 0.3 is 0 Å². The predicted octanol–water partition coefficient (Wildman–Crippen LogP) is 4.16. The van der Waals surface area contributed by atoms with Crippen LogP contribution in [-0.4, -0.2) is 43.7 Å². The van der Waals surface area contributed by atoms with E-state index >= 15 is 0 Å². The molecule has 0 saturated carbocycles. The molecule has 0 aliphatic heterocycles. The fourth-order valence-electron chi connectivity index (χ4n) is 3.43. The van der Waals surface area contributed by atoms with Crippen LogP contribution in [0.3, 0.4) is 0 Å². The van der Waals surface area contributed by atoms with Crippen LogP contribution in [0.1, 0.15) is 25.2 Å². The SMILES string of the molecule is COc1ccc(S(=O)(=O)N(CC(=O)N(Cc2ccccc2)Cc2ccco2)CC(C)C)cc1. The molecular formula is C25H30N2O5S. The first-order valence-electron chi connectivity index (χ1n) is 10.8. The maximum Gasteiger partial charge on any atom is 0.243 e. The van der Waals surface area contributed by atoms with Gasteiger partial charge in [-0.2, -0.15) is 4.31 Å². The van der Waals surface area contributed by atoms with Gasteiger partial charge in [0.1, 0.15) is 11.5 Å². The normalized spacial score (nSPS) is 11.7. The van der Waals surface area contributed by atoms with Crippen LogP contribution in [0, 0.1) is 5.92 Å². The van der Waals surface area contributed by atoms with Gasteiger partial charge in [0, 0.05) is 13.1 Å². The van der Waals surface area contributed by atoms with E-state index in [9.17, 15) is 13.2 Å². The van der Waals surface area contributed by atoms with Crippen molar-refractivity contribution >= 4 is 15.9 Å². The number of amides is 1. The zero-order valence-electron chi connectivity index (χ0n) is 19.2. The molecule has 0 N–H and O–H groups in total. The third kappa shape index (κ3) is 6.69. The van der Waals surface area contributed by atoms with E-state index in [-0.39, 0.29) is 36.4 Å². The van der Waals surface area contributed by atoms with Crippen molar-refractivity contribution < 1.29 is 22.4 Å². The maximum absolute atomic E-state index is 13.4. The molecule has 33 heavy (non-hydrogen) atoms. The van der Waals surface area contributed by atoms with Gasteiger partial charge in [0.05, 0.1) is 31.4 Å². The smallest absolute Gasteiger partial charge is 0.243 e. The van der Waals surface area contributed by atoms with Crippen LogP contribution < -0.4 is 4.74 Å². The third-order valence-electron chi connectivity index (χ3n) is 5.07. The molecule has 2 aromatic carbocycles. The molecule has 0 aliphatic rings. The lowest BCUT2D eigenvalue weighted by Crippen LogP contribution is -2.43. The fraction of sp³-hybridized carbons (Fsp3) is 0.320. The Labute approximate surface area is 195 Å². The Morgan fingerprint density at radius 2 is 1.67 bits per heavy atom. The number of ether oxygens (including phenoxy) is 1. The molecule has 8 heteroatoms. The summed E-state index contributed by atoms with van der Waals surface area (Å²) < 4.78 is 38.6. The molecular weight excluding hydrogens is 440 g/mol. The minimum Gasteiger partial charge on any atom is -0.497 e. The Kier molecular flexibility index (Phi) is 8.30. The van der Waals surface area contributed by atoms with E-state index in [1.165, 1.54) is 23.5 Å². The van der Waals surface area contributed by atoms with Crippen molar-refractivity contribution in [1.82, 2.24) is 9.21 Å². The summed E-state index contributed by atoms with van der Waals surface area (Å²) in [5.74, 6) is 0.937. The van der Waals surface area contributed by atoms with E-state index in [1.54, 1.807) is 35.4 Å². The topological polar surface area (TPSA) is 80.1 Å². The summed E-state index contributed by atoms with van der Waals surface area (Å²) in [6, 6.07) is 19.3. The van der Waals surface area contributed by atoms with E-state index in [1.807, 2.05) is 44.2 Å². The highest BCUT2D eigenvalue weighted by Crippen LogP contribution is 2.21. The quantitative estimate of drug-likeness (QED) is 0.420. The highest BCUT2D eigenvalue weighted by molar-refractivity contribution is 7.89. The van der Waals surface area contributed by atoms with Crippen LogP contribution in [0.2, 0.25) is 0 Å². The van der Waals surface area contributed by atoms with Crippen LogP contribution in [0.25, 0.3) is 0 Å². The Balaban J connectivity index is 1.85. The lowest BCUT2D eigenvalue weighted by Gasteiger charge is -2.28. The molecule has 1 aromatic heterocycles. The summed E-state index contributed by atoms with van der Waals surface area (Å²) in [7, 11) is -2.36. The monoisotopic (exact) mass is 470 g/mol. The van der Waals surface area contributed by atoms with Crippen molar-refractivity contribution in [2.75, 3.05) is 20.2 Å². The second kappa shape index (κ2) is 11.2. The molecule has 0 radical (unpaired) electrons. The largest absolute Gasteiger partial charge is 0.497 e. The molecule has 0 unspecified atom stereocenters. The number of hydrogen-bond donors (Lipinski definition) is 0. The van der Waals surface area contributed by atoms with Crippen molar-refractivity contribution in [3.63, 3.8) is 0 Å². The zero-order valence-corrected chi connectivity index (χ0v) is 20.0. The van der Waals surface area contributed by atoms with Crippen molar-refractivity contribution in [2.45, 2.75) is 31.8 Å². The number of sulfonamides is 1. The van der Waals surface area contributed by atoms with Crippen molar-refractivity contribution in [2.24, 2.45) is 5.92 Å². The maximum atomic E-state index is 13.4. The van der Waals surface area contributed by atoms with Gasteiger partial charge in [0.25, 0.3) is 0 Å². The number of carbonyl (C=O) groups is 1. The van der Waals surface area contributed by atoms with Crippen LogP contribution >= 0.6 is 0 Å². The number of rotatable bonds is 11. The molecule has 0 bridgehead atoms. The second-order valence-electron chi connectivity index (χ2n) is 8.18. The van der Waals surface area contributed by atoms with Crippen molar-refractivity contribution in [3.05, 3.63) is 84.3 Å². The van der Waals surface area contributed by atoms with Crippen LogP contribution in [0.15, 0.2) is 82.3 Å². The van der Waals surface area contributed by atoms with Gasteiger partial charge in [-0.05, 0) is 47.9 Å². The summed E-state index contributed by atoms with van der Waals surface area (Å²) in [5.41, 5.74) is 0.950. The highest BCUT2D eigenvalue weighted by Gasteiger charge is 2.29. The minimum absolute atomic E-state index is 0.0403. The molecule has 1 amide bonds. The molecule has 7 nitrogen and oxygen atoms in total. The number of hydrogen-bond acceptors (Lipinski definition) is 5. The number of nitrogens with zero attached hydrogens (tertiary/aromatic N) is 2. The lowest BCUT2D eigenvalue weighted by atomic mass is 10.2. The van der Waals surface area contributed by atoms with E-state index in [2.05, 4.69) is 0 Å². The van der Waals surface area contributed by atoms with E-state index in [0.29, 0.717) is 18.1 Å². The summed E-state index contributed by atoms with van der Waals surface area (Å²) in [4.78, 5) is 15.1. The van der Waals surface area contributed by atoms with E-state index in [4.69, 9.17) is 9.15 Å². The third-order valence-corrected chi connectivity index (χ3v) is 6.90. The molecule has 3 aromatic rings. The Morgan fingerprint density at radius 3 is 2.24 bits per heavy atom. The second-order valence-corrected chi connectivity index (χ2v) is 10.1. The van der Waals surface area contributed by atoms with Gasteiger partial charge in [0.2, 0.25) is 15.9 Å². The highest BCUT2D eigenvalue weighted by atomic mass is 32.2. The van der Waals surface area contributed by atoms with Crippen LogP contribution in [0.5, 0.6) is 5.75 Å². The first-order chi connectivity index (χ1) is 15.8. The molecule has 0 fully saturated rings. The number of benzene rings is 2. The standard InChI is InChI=1S/C25H30N2O5S/c1-20(2)16-27(33(29,30)24-13-11-22(31-3)12-14-24)19-25(28)26(18-23-10-7-15-32-23)17-21-8-5-4-6-9-21/h4-15,20H,16-19H2,1-3H3. The first-order valence-corrected chi connectivity index (χ1v) is 12.2. The number of carbonyl (C=O) groups excluding carboxylic acids is 1. The van der Waals surface area contributed by atoms with Gasteiger partial charge in [0.15, 0.2) is 0 Å². The van der Waals surface area contributed by atoms with Gasteiger partial charge < -0.3 is 14.1 Å². The minimum atomic E-state index is -3.88. The molecule has 0 saturated heterocycles. The van der Waals surface area contributed by atoms with Crippen LogP contribution in [0.4, 0.5) is 0 Å². The van der Waals surface area contributed by atoms with Gasteiger partial charge in [-0.15, -0.1) is 0 Å². The number of methoxy groups -OCH3 is 1. The molecule has 0 spiro atoms. The van der Waals surface area contributed by atoms with E-state index in [0.717, 1.165) is 5.56 Å². The molecule has 0 aliphatic carbocycles. The van der Waals surface area contributed by atoms with Gasteiger partial charge in [-0.25, -0.2) is 8.42 Å². The van der Waals surface area contributed by atoms with Crippen molar-refractivity contribution in [1.29, 1.82) is 0 Å². The summed E-state index contributed by atoms with van der Waals surface area (Å²) in [5, 5.41) is 0. The molecule has 0 atom stereocenters. The molecule has 1 heterocycles. The zero-order chi connectivity index (χ0) is 23.8. The lowest BCUT2D eigenvalue weighted by molar-refractivity contribution is -0.133. The summed E-state index contributed by atoms with van der Waals surface area (Å²) >= 11 is 0. The average Bonchev–Trinajstić information content (AvgIpc) is 3.32. The Hall–Kier alpha value is -3.10. The van der Waals surface area contributed by atoms with Gasteiger partial charge in [-0.1, -0.05) is 44.2 Å². The molecule has 3 rings (SSSR count). The molecule has 176 valence electrons. The van der Waals surface area contributed by atoms with E-state index < -0.39 is 10.0 Å².